The Labute approximate surface area is 183 Å². The molecule has 8 heteroatoms. The quantitative estimate of drug-likeness (QED) is 0.602. The van der Waals surface area contributed by atoms with Crippen LogP contribution in [0.4, 0.5) is 5.82 Å². The zero-order valence-electron chi connectivity index (χ0n) is 17.6. The Balaban J connectivity index is 0.00000320. The number of nitrogens with one attached hydrogen (secondary N) is 2. The average Bonchev–Trinajstić information content (AvgIpc) is 2.77. The van der Waals surface area contributed by atoms with Crippen LogP contribution in [0.1, 0.15) is 34.5 Å². The first-order valence-electron chi connectivity index (χ1n) is 9.40. The molecule has 2 heterocycles. The van der Waals surface area contributed by atoms with E-state index in [1.807, 2.05) is 37.4 Å². The Bertz CT molecular complexity index is 995. The summed E-state index contributed by atoms with van der Waals surface area (Å²) >= 11 is 0. The minimum Gasteiger partial charge on any atom is -0.496 e. The van der Waals surface area contributed by atoms with Gasteiger partial charge in [0.05, 0.1) is 12.8 Å². The number of benzene rings is 1. The van der Waals surface area contributed by atoms with E-state index in [9.17, 15) is 4.79 Å². The fraction of sp³-hybridized carbons (Fsp3) is 0.273. The largest absolute Gasteiger partial charge is 0.496 e. The maximum atomic E-state index is 11.8. The number of methoxy groups -OCH3 is 1. The number of ether oxygens (including phenoxy) is 1. The van der Waals surface area contributed by atoms with Crippen LogP contribution in [0.2, 0.25) is 0 Å². The monoisotopic (exact) mass is 425 g/mol. The van der Waals surface area contributed by atoms with Gasteiger partial charge in [-0.2, -0.15) is 13.5 Å². The highest BCUT2D eigenvalue weighted by Crippen LogP contribution is 2.28. The summed E-state index contributed by atoms with van der Waals surface area (Å²) in [6.07, 6.45) is 3.35. The summed E-state index contributed by atoms with van der Waals surface area (Å²) < 4.78 is 5.50. The molecule has 1 aromatic carbocycles. The molecule has 0 spiro atoms. The van der Waals surface area contributed by atoms with E-state index in [0.717, 1.165) is 28.3 Å². The first kappa shape index (κ1) is 23.2. The van der Waals surface area contributed by atoms with Gasteiger partial charge in [0.25, 0.3) is 5.91 Å². The van der Waals surface area contributed by atoms with E-state index in [2.05, 4.69) is 32.5 Å². The second-order valence-corrected chi connectivity index (χ2v) is 6.79. The Morgan fingerprint density at radius 3 is 2.60 bits per heavy atom. The SMILES string of the molecule is CNC(=O)c1ccc([C@H](C)CNc2cc(-c3ccc(C)nc3)ncn2)c(OC)c1.S. The van der Waals surface area contributed by atoms with Crippen LogP contribution in [0.15, 0.2) is 48.9 Å². The van der Waals surface area contributed by atoms with Gasteiger partial charge in [0, 0.05) is 48.6 Å². The molecular weight excluding hydrogens is 398 g/mol. The number of nitrogens with zero attached hydrogens (tertiary/aromatic N) is 3. The van der Waals surface area contributed by atoms with Crippen LogP contribution in [0, 0.1) is 6.92 Å². The van der Waals surface area contributed by atoms with Crippen molar-refractivity contribution in [2.45, 2.75) is 19.8 Å². The van der Waals surface area contributed by atoms with Crippen molar-refractivity contribution in [2.75, 3.05) is 26.0 Å². The summed E-state index contributed by atoms with van der Waals surface area (Å²) in [7, 11) is 3.22. The van der Waals surface area contributed by atoms with Crippen LogP contribution < -0.4 is 15.4 Å². The molecule has 30 heavy (non-hydrogen) atoms. The normalized spacial score (nSPS) is 11.2. The molecule has 0 aliphatic heterocycles. The van der Waals surface area contributed by atoms with Gasteiger partial charge >= 0.3 is 0 Å². The van der Waals surface area contributed by atoms with Crippen molar-refractivity contribution >= 4 is 25.2 Å². The summed E-state index contributed by atoms with van der Waals surface area (Å²) in [5.41, 5.74) is 4.31. The maximum absolute atomic E-state index is 11.8. The lowest BCUT2D eigenvalue weighted by Gasteiger charge is -2.17. The van der Waals surface area contributed by atoms with E-state index in [4.69, 9.17) is 4.74 Å². The molecule has 0 aliphatic carbocycles. The third-order valence-electron chi connectivity index (χ3n) is 4.72. The van der Waals surface area contributed by atoms with Crippen LogP contribution in [-0.2, 0) is 0 Å². The molecule has 2 aromatic heterocycles. The molecule has 0 unspecified atom stereocenters. The predicted molar refractivity (Wildman–Crippen MR) is 124 cm³/mol. The van der Waals surface area contributed by atoms with E-state index < -0.39 is 0 Å². The molecule has 2 N–H and O–H groups in total. The number of rotatable bonds is 7. The number of aromatic nitrogens is 3. The number of anilines is 1. The summed E-state index contributed by atoms with van der Waals surface area (Å²) in [4.78, 5) is 24.8. The van der Waals surface area contributed by atoms with Crippen LogP contribution >= 0.6 is 13.5 Å². The smallest absolute Gasteiger partial charge is 0.251 e. The first-order valence-corrected chi connectivity index (χ1v) is 9.40. The van der Waals surface area contributed by atoms with Crippen LogP contribution in [0.3, 0.4) is 0 Å². The number of hydrogen-bond donors (Lipinski definition) is 2. The van der Waals surface area contributed by atoms with Crippen molar-refractivity contribution in [3.63, 3.8) is 0 Å². The Hall–Kier alpha value is -3.13. The predicted octanol–water partition coefficient (Wildman–Crippen LogP) is 3.54. The van der Waals surface area contributed by atoms with Gasteiger partial charge in [-0.25, -0.2) is 9.97 Å². The van der Waals surface area contributed by atoms with Gasteiger partial charge in [0.15, 0.2) is 0 Å². The molecule has 1 amide bonds. The molecule has 3 rings (SSSR count). The zero-order valence-corrected chi connectivity index (χ0v) is 18.6. The fourth-order valence-corrected chi connectivity index (χ4v) is 3.00. The van der Waals surface area contributed by atoms with Crippen LogP contribution in [-0.4, -0.2) is 41.6 Å². The Morgan fingerprint density at radius 1 is 1.13 bits per heavy atom. The first-order chi connectivity index (χ1) is 14.0. The fourth-order valence-electron chi connectivity index (χ4n) is 3.00. The van der Waals surface area contributed by atoms with Crippen molar-refractivity contribution in [3.8, 4) is 17.0 Å². The Kier molecular flexibility index (Phi) is 8.17. The van der Waals surface area contributed by atoms with Gasteiger partial charge in [-0.05, 0) is 36.8 Å². The Morgan fingerprint density at radius 2 is 1.93 bits per heavy atom. The third kappa shape index (κ3) is 5.48. The van der Waals surface area contributed by atoms with E-state index in [1.165, 1.54) is 0 Å². The molecule has 0 fully saturated rings. The number of pyridine rings is 1. The lowest BCUT2D eigenvalue weighted by molar-refractivity contribution is 0.0962. The third-order valence-corrected chi connectivity index (χ3v) is 4.72. The molecule has 0 saturated heterocycles. The van der Waals surface area contributed by atoms with Crippen molar-refractivity contribution in [3.05, 3.63) is 65.7 Å². The molecule has 0 bridgehead atoms. The zero-order chi connectivity index (χ0) is 20.8. The minimum absolute atomic E-state index is 0. The highest BCUT2D eigenvalue weighted by atomic mass is 32.1. The number of carbonyl (C=O) groups is 1. The maximum Gasteiger partial charge on any atom is 0.251 e. The summed E-state index contributed by atoms with van der Waals surface area (Å²) in [6, 6.07) is 11.4. The summed E-state index contributed by atoms with van der Waals surface area (Å²) in [6.45, 7) is 4.70. The molecule has 0 aliphatic rings. The minimum atomic E-state index is -0.139. The molecule has 158 valence electrons. The summed E-state index contributed by atoms with van der Waals surface area (Å²) in [5, 5.41) is 5.98. The molecular formula is C22H27N5O2S. The standard InChI is InChI=1S/C22H25N5O2.H2S/c1-14(18-8-7-16(22(28)23-3)9-20(18)29-4)11-25-21-10-19(26-13-27-21)17-6-5-15(2)24-12-17;/h5-10,12-14H,11H2,1-4H3,(H,23,28)(H,25,26,27);1H2/t14-;/m1./s1. The number of amides is 1. The van der Waals surface area contributed by atoms with Gasteiger partial charge in [-0.15, -0.1) is 0 Å². The van der Waals surface area contributed by atoms with E-state index in [0.29, 0.717) is 17.9 Å². The van der Waals surface area contributed by atoms with Crippen molar-refractivity contribution in [1.29, 1.82) is 0 Å². The van der Waals surface area contributed by atoms with E-state index in [-0.39, 0.29) is 25.3 Å². The number of carbonyl (C=O) groups excluding carboxylic acids is 1. The summed E-state index contributed by atoms with van der Waals surface area (Å²) in [5.74, 6) is 1.43. The molecule has 0 radical (unpaired) electrons. The lowest BCUT2D eigenvalue weighted by Crippen LogP contribution is -2.18. The van der Waals surface area contributed by atoms with E-state index >= 15 is 0 Å². The van der Waals surface area contributed by atoms with Gasteiger partial charge in [0.2, 0.25) is 0 Å². The molecule has 3 aromatic rings. The van der Waals surface area contributed by atoms with Crippen molar-refractivity contribution in [2.24, 2.45) is 0 Å². The molecule has 7 nitrogen and oxygen atoms in total. The highest BCUT2D eigenvalue weighted by molar-refractivity contribution is 7.59. The van der Waals surface area contributed by atoms with E-state index in [1.54, 1.807) is 32.6 Å². The van der Waals surface area contributed by atoms with Gasteiger partial charge in [-0.1, -0.05) is 13.0 Å². The number of hydrogen-bond acceptors (Lipinski definition) is 6. The van der Waals surface area contributed by atoms with Crippen molar-refractivity contribution in [1.82, 2.24) is 20.3 Å². The van der Waals surface area contributed by atoms with Crippen LogP contribution in [0.5, 0.6) is 5.75 Å². The van der Waals surface area contributed by atoms with Gasteiger partial charge in [-0.3, -0.25) is 9.78 Å². The van der Waals surface area contributed by atoms with Gasteiger partial charge in [0.1, 0.15) is 17.9 Å². The molecule has 1 atom stereocenters. The van der Waals surface area contributed by atoms with Crippen LogP contribution in [0.25, 0.3) is 11.3 Å². The second-order valence-electron chi connectivity index (χ2n) is 6.79. The topological polar surface area (TPSA) is 89.0 Å². The molecule has 0 saturated carbocycles. The highest BCUT2D eigenvalue weighted by Gasteiger charge is 2.15. The number of aryl methyl sites for hydroxylation is 1. The lowest BCUT2D eigenvalue weighted by atomic mass is 9.98. The van der Waals surface area contributed by atoms with Gasteiger partial charge < -0.3 is 15.4 Å². The average molecular weight is 426 g/mol. The van der Waals surface area contributed by atoms with Crippen molar-refractivity contribution < 1.29 is 9.53 Å². The second kappa shape index (κ2) is 10.6.